The maximum Gasteiger partial charge on any atom is 0.158 e. The van der Waals surface area contributed by atoms with Gasteiger partial charge in [0, 0.05) is 29.2 Å². The molecule has 26 heavy (non-hydrogen) atoms. The number of aryl methyl sites for hydroxylation is 1. The highest BCUT2D eigenvalue weighted by Gasteiger charge is 2.20. The minimum absolute atomic E-state index is 0.0727. The summed E-state index contributed by atoms with van der Waals surface area (Å²) in [6.07, 6.45) is 9.26. The first-order valence-electron chi connectivity index (χ1n) is 9.00. The molecule has 1 aliphatic rings. The van der Waals surface area contributed by atoms with Crippen molar-refractivity contribution in [1.82, 2.24) is 15.2 Å². The van der Waals surface area contributed by atoms with E-state index in [1.165, 1.54) is 31.4 Å². The van der Waals surface area contributed by atoms with E-state index in [2.05, 4.69) is 20.5 Å². The van der Waals surface area contributed by atoms with Gasteiger partial charge in [0.15, 0.2) is 5.82 Å². The molecule has 0 aliphatic heterocycles. The van der Waals surface area contributed by atoms with Gasteiger partial charge >= 0.3 is 0 Å². The van der Waals surface area contributed by atoms with E-state index < -0.39 is 5.82 Å². The second-order valence-corrected chi connectivity index (χ2v) is 6.94. The molecule has 3 aromatic rings. The maximum absolute atomic E-state index is 14.5. The topological polar surface area (TPSA) is 70.9 Å². The van der Waals surface area contributed by atoms with Gasteiger partial charge in [0.25, 0.3) is 0 Å². The number of benzene rings is 1. The van der Waals surface area contributed by atoms with Crippen molar-refractivity contribution in [2.75, 3.05) is 5.32 Å². The molecule has 6 heteroatoms. The first kappa shape index (κ1) is 16.7. The molecule has 1 aromatic carbocycles. The summed E-state index contributed by atoms with van der Waals surface area (Å²) in [5.74, 6) is 0.0153. The third-order valence-corrected chi connectivity index (χ3v) is 4.98. The fraction of sp³-hybridized carbons (Fsp3) is 0.350. The van der Waals surface area contributed by atoms with Crippen molar-refractivity contribution in [3.05, 3.63) is 42.0 Å². The third kappa shape index (κ3) is 3.07. The number of pyridine rings is 1. The zero-order chi connectivity index (χ0) is 18.1. The number of halogens is 1. The fourth-order valence-electron chi connectivity index (χ4n) is 3.69. The zero-order valence-corrected chi connectivity index (χ0v) is 14.7. The van der Waals surface area contributed by atoms with E-state index in [1.807, 2.05) is 0 Å². The van der Waals surface area contributed by atoms with Gasteiger partial charge in [0.1, 0.15) is 17.3 Å². The van der Waals surface area contributed by atoms with Gasteiger partial charge in [0.05, 0.1) is 5.56 Å². The highest BCUT2D eigenvalue weighted by molar-refractivity contribution is 6.00. The van der Waals surface area contributed by atoms with Crippen LogP contribution >= 0.6 is 0 Å². The largest absolute Gasteiger partial charge is 0.507 e. The number of nitrogens with one attached hydrogen (secondary N) is 1. The number of rotatable bonds is 3. The first-order chi connectivity index (χ1) is 12.6. The number of hydrogen-bond donors (Lipinski definition) is 2. The Labute approximate surface area is 151 Å². The lowest BCUT2D eigenvalue weighted by atomic mass is 9.95. The molecule has 1 aliphatic carbocycles. The molecule has 0 unspecified atom stereocenters. The SMILES string of the molecule is Cc1cc(O)c(-c2nnc(NC3CCCCC3)c3cnccc23)c(F)c1. The summed E-state index contributed by atoms with van der Waals surface area (Å²) in [5.41, 5.74) is 1.05. The summed E-state index contributed by atoms with van der Waals surface area (Å²) in [4.78, 5) is 4.20. The van der Waals surface area contributed by atoms with Crippen LogP contribution in [0.3, 0.4) is 0 Å². The van der Waals surface area contributed by atoms with Crippen LogP contribution in [-0.4, -0.2) is 26.3 Å². The molecule has 2 N–H and O–H groups in total. The quantitative estimate of drug-likeness (QED) is 0.721. The van der Waals surface area contributed by atoms with Crippen molar-refractivity contribution in [2.24, 2.45) is 0 Å². The Balaban J connectivity index is 1.82. The maximum atomic E-state index is 14.5. The van der Waals surface area contributed by atoms with Crippen LogP contribution in [0, 0.1) is 12.7 Å². The van der Waals surface area contributed by atoms with E-state index in [1.54, 1.807) is 25.4 Å². The van der Waals surface area contributed by atoms with Crippen LogP contribution in [0.2, 0.25) is 0 Å². The summed E-state index contributed by atoms with van der Waals surface area (Å²) in [6.45, 7) is 1.73. The van der Waals surface area contributed by atoms with Crippen LogP contribution in [0.1, 0.15) is 37.7 Å². The van der Waals surface area contributed by atoms with Crippen molar-refractivity contribution in [2.45, 2.75) is 45.1 Å². The standard InChI is InChI=1S/C20H21FN4O/c1-12-9-16(21)18(17(26)10-12)19-14-7-8-22-11-15(14)20(25-24-19)23-13-5-3-2-4-6-13/h7-11,13,26H,2-6H2,1H3,(H,23,25). The Morgan fingerprint density at radius 1 is 1.12 bits per heavy atom. The fourth-order valence-corrected chi connectivity index (χ4v) is 3.69. The lowest BCUT2D eigenvalue weighted by molar-refractivity contribution is 0.462. The number of aromatic hydroxyl groups is 1. The van der Waals surface area contributed by atoms with E-state index >= 15 is 0 Å². The number of aromatic nitrogens is 3. The van der Waals surface area contributed by atoms with Gasteiger partial charge in [-0.2, -0.15) is 0 Å². The molecule has 0 atom stereocenters. The zero-order valence-electron chi connectivity index (χ0n) is 14.7. The number of hydrogen-bond acceptors (Lipinski definition) is 5. The molecule has 0 amide bonds. The van der Waals surface area contributed by atoms with Gasteiger partial charge in [-0.25, -0.2) is 4.39 Å². The molecule has 0 spiro atoms. The predicted octanol–water partition coefficient (Wildman–Crippen LogP) is 4.59. The number of fused-ring (bicyclic) bond motifs is 1. The molecular formula is C20H21FN4O. The van der Waals surface area contributed by atoms with Crippen LogP contribution in [-0.2, 0) is 0 Å². The van der Waals surface area contributed by atoms with Gasteiger partial charge in [-0.3, -0.25) is 4.98 Å². The molecule has 2 heterocycles. The lowest BCUT2D eigenvalue weighted by Crippen LogP contribution is -2.23. The smallest absolute Gasteiger partial charge is 0.158 e. The minimum Gasteiger partial charge on any atom is -0.507 e. The lowest BCUT2D eigenvalue weighted by Gasteiger charge is -2.23. The number of anilines is 1. The van der Waals surface area contributed by atoms with Crippen LogP contribution in [0.15, 0.2) is 30.6 Å². The molecule has 1 fully saturated rings. The minimum atomic E-state index is -0.511. The summed E-state index contributed by atoms with van der Waals surface area (Å²) < 4.78 is 14.5. The summed E-state index contributed by atoms with van der Waals surface area (Å²) >= 11 is 0. The molecule has 0 radical (unpaired) electrons. The van der Waals surface area contributed by atoms with Gasteiger partial charge in [-0.15, -0.1) is 10.2 Å². The number of phenolic OH excluding ortho intramolecular Hbond substituents is 1. The highest BCUT2D eigenvalue weighted by Crippen LogP contribution is 2.37. The Kier molecular flexibility index (Phi) is 4.41. The van der Waals surface area contributed by atoms with Gasteiger partial charge < -0.3 is 10.4 Å². The Hall–Kier alpha value is -2.76. The van der Waals surface area contributed by atoms with E-state index in [9.17, 15) is 9.50 Å². The molecule has 134 valence electrons. The Morgan fingerprint density at radius 2 is 1.92 bits per heavy atom. The predicted molar refractivity (Wildman–Crippen MR) is 99.6 cm³/mol. The van der Waals surface area contributed by atoms with Crippen molar-refractivity contribution >= 4 is 16.6 Å². The van der Waals surface area contributed by atoms with Crippen LogP contribution in [0.5, 0.6) is 5.75 Å². The number of phenols is 1. The molecule has 4 rings (SSSR count). The number of nitrogens with zero attached hydrogens (tertiary/aromatic N) is 3. The van der Waals surface area contributed by atoms with Gasteiger partial charge in [0.2, 0.25) is 0 Å². The van der Waals surface area contributed by atoms with E-state index in [0.29, 0.717) is 28.5 Å². The third-order valence-electron chi connectivity index (χ3n) is 4.98. The Bertz CT molecular complexity index is 931. The normalized spacial score (nSPS) is 15.3. The van der Waals surface area contributed by atoms with E-state index in [-0.39, 0.29) is 11.3 Å². The average Bonchev–Trinajstić information content (AvgIpc) is 2.63. The summed E-state index contributed by atoms with van der Waals surface area (Å²) in [5, 5.41) is 23.8. The van der Waals surface area contributed by atoms with Crippen molar-refractivity contribution < 1.29 is 9.50 Å². The van der Waals surface area contributed by atoms with E-state index in [4.69, 9.17) is 0 Å². The highest BCUT2D eigenvalue weighted by atomic mass is 19.1. The first-order valence-corrected chi connectivity index (χ1v) is 9.00. The monoisotopic (exact) mass is 352 g/mol. The molecule has 0 bridgehead atoms. The molecule has 1 saturated carbocycles. The summed E-state index contributed by atoms with van der Waals surface area (Å²) in [7, 11) is 0. The second kappa shape index (κ2) is 6.86. The van der Waals surface area contributed by atoms with Crippen LogP contribution in [0.4, 0.5) is 10.2 Å². The second-order valence-electron chi connectivity index (χ2n) is 6.94. The molecular weight excluding hydrogens is 331 g/mol. The van der Waals surface area contributed by atoms with E-state index in [0.717, 1.165) is 18.2 Å². The van der Waals surface area contributed by atoms with Crippen LogP contribution < -0.4 is 5.32 Å². The molecule has 0 saturated heterocycles. The average molecular weight is 352 g/mol. The summed E-state index contributed by atoms with van der Waals surface area (Å²) in [6, 6.07) is 5.07. The Morgan fingerprint density at radius 3 is 2.69 bits per heavy atom. The molecule has 5 nitrogen and oxygen atoms in total. The van der Waals surface area contributed by atoms with Crippen LogP contribution in [0.25, 0.3) is 22.0 Å². The van der Waals surface area contributed by atoms with Gasteiger partial charge in [-0.05, 0) is 43.5 Å². The molecule has 2 aromatic heterocycles. The van der Waals surface area contributed by atoms with Crippen molar-refractivity contribution in [1.29, 1.82) is 0 Å². The van der Waals surface area contributed by atoms with Crippen molar-refractivity contribution in [3.8, 4) is 17.0 Å². The van der Waals surface area contributed by atoms with Gasteiger partial charge in [-0.1, -0.05) is 19.3 Å². The van der Waals surface area contributed by atoms with Crippen molar-refractivity contribution in [3.63, 3.8) is 0 Å².